The second-order valence-electron chi connectivity index (χ2n) is 4.32. The number of nitrogens with zero attached hydrogens (tertiary/aromatic N) is 2. The highest BCUT2D eigenvalue weighted by molar-refractivity contribution is 9.10. The van der Waals surface area contributed by atoms with Crippen molar-refractivity contribution in [2.24, 2.45) is 0 Å². The Morgan fingerprint density at radius 2 is 1.95 bits per heavy atom. The fraction of sp³-hybridized carbons (Fsp3) is 0.357. The molecule has 0 spiro atoms. The van der Waals surface area contributed by atoms with Crippen LogP contribution in [0.4, 0.5) is 0 Å². The average molecular weight is 377 g/mol. The molecule has 20 heavy (non-hydrogen) atoms. The molecule has 1 N–H and O–H groups in total. The molecule has 1 aromatic heterocycles. The number of hydrogen-bond donors (Lipinski definition) is 1. The van der Waals surface area contributed by atoms with Gasteiger partial charge in [-0.2, -0.15) is 5.10 Å². The third-order valence-electron chi connectivity index (χ3n) is 3.10. The first-order valence-electron chi connectivity index (χ1n) is 6.48. The number of hydrogen-bond acceptors (Lipinski definition) is 2. The van der Waals surface area contributed by atoms with Crippen molar-refractivity contribution in [1.29, 1.82) is 0 Å². The first kappa shape index (κ1) is 15.8. The lowest BCUT2D eigenvalue weighted by Crippen LogP contribution is -2.25. The van der Waals surface area contributed by atoms with Gasteiger partial charge in [0.2, 0.25) is 0 Å². The quantitative estimate of drug-likeness (QED) is 0.821. The first-order chi connectivity index (χ1) is 9.60. The van der Waals surface area contributed by atoms with E-state index >= 15 is 0 Å². The Bertz CT molecular complexity index is 578. The van der Waals surface area contributed by atoms with Gasteiger partial charge in [-0.3, -0.25) is 4.68 Å². The first-order valence-corrected chi connectivity index (χ1v) is 8.03. The highest BCUT2D eigenvalue weighted by atomic mass is 79.9. The van der Waals surface area contributed by atoms with Crippen molar-refractivity contribution in [3.8, 4) is 0 Å². The molecule has 0 fully saturated rings. The molecule has 2 rings (SSSR count). The molecule has 0 amide bonds. The van der Waals surface area contributed by atoms with Gasteiger partial charge in [-0.15, -0.1) is 0 Å². The number of benzene rings is 1. The maximum Gasteiger partial charge on any atom is 0.0789 e. The van der Waals surface area contributed by atoms with Crippen LogP contribution in [0.15, 0.2) is 28.9 Å². The van der Waals surface area contributed by atoms with Gasteiger partial charge in [0, 0.05) is 22.2 Å². The topological polar surface area (TPSA) is 29.9 Å². The summed E-state index contributed by atoms with van der Waals surface area (Å²) >= 11 is 16.3. The molecule has 108 valence electrons. The third-order valence-corrected chi connectivity index (χ3v) is 4.37. The molecular weight excluding hydrogens is 361 g/mol. The lowest BCUT2D eigenvalue weighted by Gasteiger charge is -2.22. The number of nitrogens with one attached hydrogen (secondary N) is 1. The van der Waals surface area contributed by atoms with Crippen LogP contribution in [0.3, 0.4) is 0 Å². The minimum absolute atomic E-state index is 0.0991. The van der Waals surface area contributed by atoms with Crippen LogP contribution in [0.1, 0.15) is 31.1 Å². The predicted molar refractivity (Wildman–Crippen MR) is 87.6 cm³/mol. The second kappa shape index (κ2) is 6.94. The second-order valence-corrected chi connectivity index (χ2v) is 5.99. The molecule has 1 atom stereocenters. The van der Waals surface area contributed by atoms with Crippen LogP contribution >= 0.6 is 39.1 Å². The van der Waals surface area contributed by atoms with Crippen LogP contribution in [0.2, 0.25) is 10.0 Å². The summed E-state index contributed by atoms with van der Waals surface area (Å²) in [6.07, 6.45) is 1.80. The van der Waals surface area contributed by atoms with E-state index in [4.69, 9.17) is 23.2 Å². The smallest absolute Gasteiger partial charge is 0.0789 e. The summed E-state index contributed by atoms with van der Waals surface area (Å²) in [5.74, 6) is 0. The molecule has 0 saturated carbocycles. The summed E-state index contributed by atoms with van der Waals surface area (Å²) in [6, 6.07) is 5.46. The Balaban J connectivity index is 2.59. The van der Waals surface area contributed by atoms with Crippen molar-refractivity contribution < 1.29 is 0 Å². The summed E-state index contributed by atoms with van der Waals surface area (Å²) in [5.41, 5.74) is 1.91. The van der Waals surface area contributed by atoms with Crippen LogP contribution in [0.25, 0.3) is 0 Å². The SMILES string of the molecule is CCNC(c1c(Cl)cccc1Cl)c1c(Br)cnn1CC. The maximum absolute atomic E-state index is 6.36. The van der Waals surface area contributed by atoms with Gasteiger partial charge in [0.1, 0.15) is 0 Å². The van der Waals surface area contributed by atoms with E-state index in [2.05, 4.69) is 40.2 Å². The largest absolute Gasteiger partial charge is 0.305 e. The molecule has 1 heterocycles. The third kappa shape index (κ3) is 3.03. The normalized spacial score (nSPS) is 12.7. The summed E-state index contributed by atoms with van der Waals surface area (Å²) < 4.78 is 2.89. The zero-order valence-corrected chi connectivity index (χ0v) is 14.4. The Hall–Kier alpha value is -0.550. The fourth-order valence-electron chi connectivity index (χ4n) is 2.24. The van der Waals surface area contributed by atoms with Crippen molar-refractivity contribution >= 4 is 39.1 Å². The lowest BCUT2D eigenvalue weighted by atomic mass is 10.0. The van der Waals surface area contributed by atoms with Gasteiger partial charge in [0.25, 0.3) is 0 Å². The predicted octanol–water partition coefficient (Wildman–Crippen LogP) is 4.67. The van der Waals surface area contributed by atoms with E-state index < -0.39 is 0 Å². The number of aryl methyl sites for hydroxylation is 1. The molecule has 0 radical (unpaired) electrons. The summed E-state index contributed by atoms with van der Waals surface area (Å²) in [6.45, 7) is 5.69. The highest BCUT2D eigenvalue weighted by Gasteiger charge is 2.24. The maximum atomic E-state index is 6.36. The van der Waals surface area contributed by atoms with Crippen molar-refractivity contribution in [2.75, 3.05) is 6.54 Å². The molecule has 0 aliphatic heterocycles. The molecule has 1 aromatic carbocycles. The average Bonchev–Trinajstić information content (AvgIpc) is 2.78. The van der Waals surface area contributed by atoms with Gasteiger partial charge in [0.15, 0.2) is 0 Å². The Kier molecular flexibility index (Phi) is 5.49. The number of aromatic nitrogens is 2. The monoisotopic (exact) mass is 375 g/mol. The van der Waals surface area contributed by atoms with E-state index in [9.17, 15) is 0 Å². The van der Waals surface area contributed by atoms with Gasteiger partial charge >= 0.3 is 0 Å². The Morgan fingerprint density at radius 3 is 2.50 bits per heavy atom. The zero-order chi connectivity index (χ0) is 14.7. The van der Waals surface area contributed by atoms with Gasteiger partial charge in [0.05, 0.1) is 22.4 Å². The Labute approximate surface area is 137 Å². The van der Waals surface area contributed by atoms with Crippen molar-refractivity contribution in [2.45, 2.75) is 26.4 Å². The molecule has 0 saturated heterocycles. The van der Waals surface area contributed by atoms with Gasteiger partial charge in [-0.05, 0) is 41.5 Å². The van der Waals surface area contributed by atoms with Crippen LogP contribution < -0.4 is 5.32 Å². The molecule has 0 aliphatic carbocycles. The van der Waals surface area contributed by atoms with E-state index in [1.165, 1.54) is 0 Å². The molecule has 0 aliphatic rings. The highest BCUT2D eigenvalue weighted by Crippen LogP contribution is 2.36. The minimum Gasteiger partial charge on any atom is -0.305 e. The van der Waals surface area contributed by atoms with Crippen molar-refractivity contribution in [3.05, 3.63) is 50.2 Å². The van der Waals surface area contributed by atoms with E-state index in [0.717, 1.165) is 28.8 Å². The van der Waals surface area contributed by atoms with E-state index in [1.54, 1.807) is 6.20 Å². The molecule has 6 heteroatoms. The van der Waals surface area contributed by atoms with E-state index in [1.807, 2.05) is 22.9 Å². The lowest BCUT2D eigenvalue weighted by molar-refractivity contribution is 0.541. The molecule has 3 nitrogen and oxygen atoms in total. The van der Waals surface area contributed by atoms with E-state index in [0.29, 0.717) is 10.0 Å². The molecule has 2 aromatic rings. The number of rotatable bonds is 5. The van der Waals surface area contributed by atoms with Crippen LogP contribution in [0.5, 0.6) is 0 Å². The van der Waals surface area contributed by atoms with Gasteiger partial charge in [-0.1, -0.05) is 36.2 Å². The summed E-state index contributed by atoms with van der Waals surface area (Å²) in [7, 11) is 0. The van der Waals surface area contributed by atoms with Crippen molar-refractivity contribution in [1.82, 2.24) is 15.1 Å². The van der Waals surface area contributed by atoms with Crippen LogP contribution in [0, 0.1) is 0 Å². The number of halogens is 3. The fourth-order valence-corrected chi connectivity index (χ4v) is 3.38. The molecule has 1 unspecified atom stereocenters. The summed E-state index contributed by atoms with van der Waals surface area (Å²) in [4.78, 5) is 0. The Morgan fingerprint density at radius 1 is 1.30 bits per heavy atom. The van der Waals surface area contributed by atoms with Crippen LogP contribution in [-0.4, -0.2) is 16.3 Å². The minimum atomic E-state index is -0.0991. The molecular formula is C14H16BrCl2N3. The van der Waals surface area contributed by atoms with Gasteiger partial charge < -0.3 is 5.32 Å². The van der Waals surface area contributed by atoms with Crippen LogP contribution in [-0.2, 0) is 6.54 Å². The summed E-state index contributed by atoms with van der Waals surface area (Å²) in [5, 5.41) is 9.11. The zero-order valence-electron chi connectivity index (χ0n) is 11.3. The van der Waals surface area contributed by atoms with E-state index in [-0.39, 0.29) is 6.04 Å². The molecule has 0 bridgehead atoms. The van der Waals surface area contributed by atoms with Gasteiger partial charge in [-0.25, -0.2) is 0 Å². The van der Waals surface area contributed by atoms with Crippen molar-refractivity contribution in [3.63, 3.8) is 0 Å². The standard InChI is InChI=1S/C14H16BrCl2N3/c1-3-18-13(12-10(16)6-5-7-11(12)17)14-9(15)8-19-20(14)4-2/h5-8,13,18H,3-4H2,1-2H3.